The Hall–Kier alpha value is -1.08. The maximum atomic E-state index is 11.2. The lowest BCUT2D eigenvalue weighted by molar-refractivity contribution is 0.101. The van der Waals surface area contributed by atoms with Crippen LogP contribution in [0.2, 0.25) is 0 Å². The smallest absolute Gasteiger partial charge is 0.160 e. The lowest BCUT2D eigenvalue weighted by atomic mass is 10.0. The quantitative estimate of drug-likeness (QED) is 0.549. The molecule has 0 radical (unpaired) electrons. The van der Waals surface area contributed by atoms with Gasteiger partial charge in [0.05, 0.1) is 0 Å². The maximum absolute atomic E-state index is 11.2. The fourth-order valence-electron chi connectivity index (χ4n) is 1.37. The molecule has 0 saturated carbocycles. The van der Waals surface area contributed by atoms with Crippen molar-refractivity contribution in [3.8, 4) is 0 Å². The minimum Gasteiger partial charge on any atom is -0.295 e. The van der Waals surface area contributed by atoms with Crippen LogP contribution >= 0.6 is 11.6 Å². The van der Waals surface area contributed by atoms with Crippen molar-refractivity contribution in [2.75, 3.05) is 5.88 Å². The van der Waals surface area contributed by atoms with Crippen LogP contribution in [-0.2, 0) is 0 Å². The van der Waals surface area contributed by atoms with Gasteiger partial charge in [0, 0.05) is 11.4 Å². The fourth-order valence-corrected chi connectivity index (χ4v) is 1.46. The molecule has 1 rings (SSSR count). The van der Waals surface area contributed by atoms with E-state index in [0.717, 1.165) is 16.7 Å². The van der Waals surface area contributed by atoms with Crippen LogP contribution in [0.1, 0.15) is 28.4 Å². The van der Waals surface area contributed by atoms with Crippen LogP contribution in [-0.4, -0.2) is 11.7 Å². The first kappa shape index (κ1) is 11.0. The van der Waals surface area contributed by atoms with Crippen molar-refractivity contribution in [3.05, 3.63) is 41.0 Å². The lowest BCUT2D eigenvalue weighted by Crippen LogP contribution is -1.95. The molecule has 0 atom stereocenters. The minimum absolute atomic E-state index is 0.107. The second kappa shape index (κ2) is 4.97. The second-order valence-corrected chi connectivity index (χ2v) is 3.50. The van der Waals surface area contributed by atoms with Crippen LogP contribution in [0.5, 0.6) is 0 Å². The fraction of sp³-hybridized carbons (Fsp3) is 0.250. The number of rotatable bonds is 3. The molecule has 0 aliphatic rings. The largest absolute Gasteiger partial charge is 0.295 e. The van der Waals surface area contributed by atoms with E-state index in [-0.39, 0.29) is 5.78 Å². The van der Waals surface area contributed by atoms with E-state index in [4.69, 9.17) is 11.6 Å². The van der Waals surface area contributed by atoms with E-state index in [0.29, 0.717) is 5.88 Å². The Balaban J connectivity index is 3.00. The highest BCUT2D eigenvalue weighted by Crippen LogP contribution is 2.12. The monoisotopic (exact) mass is 208 g/mol. The van der Waals surface area contributed by atoms with Crippen molar-refractivity contribution >= 4 is 23.5 Å². The number of halogens is 1. The molecule has 0 fully saturated rings. The van der Waals surface area contributed by atoms with E-state index in [2.05, 4.69) is 0 Å². The highest BCUT2D eigenvalue weighted by Gasteiger charge is 2.02. The first-order chi connectivity index (χ1) is 6.65. The average molecular weight is 209 g/mol. The number of carbonyl (C=O) groups is 1. The third-order valence-corrected chi connectivity index (χ3v) is 2.21. The van der Waals surface area contributed by atoms with Gasteiger partial charge in [-0.2, -0.15) is 0 Å². The first-order valence-electron chi connectivity index (χ1n) is 4.49. The molecule has 0 bridgehead atoms. The zero-order valence-electron chi connectivity index (χ0n) is 8.38. The summed E-state index contributed by atoms with van der Waals surface area (Å²) in [4.78, 5) is 11.2. The van der Waals surface area contributed by atoms with Crippen LogP contribution in [0, 0.1) is 6.92 Å². The number of alkyl halides is 1. The second-order valence-electron chi connectivity index (χ2n) is 3.19. The predicted octanol–water partition coefficient (Wildman–Crippen LogP) is 3.45. The topological polar surface area (TPSA) is 17.1 Å². The van der Waals surface area contributed by atoms with Crippen LogP contribution < -0.4 is 0 Å². The molecule has 0 spiro atoms. The van der Waals surface area contributed by atoms with Gasteiger partial charge < -0.3 is 0 Å². The zero-order valence-corrected chi connectivity index (χ0v) is 9.14. The molecule has 0 amide bonds. The average Bonchev–Trinajstić information content (AvgIpc) is 2.14. The molecule has 0 aliphatic carbocycles. The number of benzene rings is 1. The zero-order chi connectivity index (χ0) is 10.6. The van der Waals surface area contributed by atoms with Crippen molar-refractivity contribution in [1.82, 2.24) is 0 Å². The van der Waals surface area contributed by atoms with Crippen molar-refractivity contribution in [2.24, 2.45) is 0 Å². The molecule has 0 aliphatic heterocycles. The van der Waals surface area contributed by atoms with Crippen LogP contribution in [0.15, 0.2) is 24.3 Å². The summed E-state index contributed by atoms with van der Waals surface area (Å²) < 4.78 is 0. The van der Waals surface area contributed by atoms with Gasteiger partial charge >= 0.3 is 0 Å². The van der Waals surface area contributed by atoms with Gasteiger partial charge in [-0.15, -0.1) is 11.6 Å². The van der Waals surface area contributed by atoms with Crippen LogP contribution in [0.4, 0.5) is 0 Å². The highest BCUT2D eigenvalue weighted by molar-refractivity contribution is 6.19. The molecular formula is C12H13ClO. The van der Waals surface area contributed by atoms with Gasteiger partial charge in [-0.05, 0) is 25.0 Å². The van der Waals surface area contributed by atoms with Crippen LogP contribution in [0.3, 0.4) is 0 Å². The molecule has 0 N–H and O–H groups in total. The summed E-state index contributed by atoms with van der Waals surface area (Å²) in [5.41, 5.74) is 2.87. The van der Waals surface area contributed by atoms with Crippen molar-refractivity contribution in [1.29, 1.82) is 0 Å². The van der Waals surface area contributed by atoms with Gasteiger partial charge in [0.25, 0.3) is 0 Å². The van der Waals surface area contributed by atoms with Crippen molar-refractivity contribution in [2.45, 2.75) is 13.8 Å². The SMILES string of the molecule is CC(=O)c1ccc(C=CCCl)cc1C. The molecule has 2 heteroatoms. The normalized spacial score (nSPS) is 10.8. The lowest BCUT2D eigenvalue weighted by Gasteiger charge is -2.02. The molecule has 0 unspecified atom stereocenters. The van der Waals surface area contributed by atoms with E-state index >= 15 is 0 Å². The van der Waals surface area contributed by atoms with Gasteiger partial charge in [-0.3, -0.25) is 4.79 Å². The molecular weight excluding hydrogens is 196 g/mol. The van der Waals surface area contributed by atoms with E-state index in [9.17, 15) is 4.79 Å². The first-order valence-corrected chi connectivity index (χ1v) is 5.02. The van der Waals surface area contributed by atoms with Crippen molar-refractivity contribution < 1.29 is 4.79 Å². The highest BCUT2D eigenvalue weighted by atomic mass is 35.5. The van der Waals surface area contributed by atoms with E-state index < -0.39 is 0 Å². The number of hydrogen-bond donors (Lipinski definition) is 0. The van der Waals surface area contributed by atoms with Gasteiger partial charge in [0.15, 0.2) is 5.78 Å². The molecule has 0 saturated heterocycles. The molecule has 1 nitrogen and oxygen atoms in total. The van der Waals surface area contributed by atoms with Gasteiger partial charge in [0.2, 0.25) is 0 Å². The maximum Gasteiger partial charge on any atom is 0.160 e. The standard InChI is InChI=1S/C12H13ClO/c1-9-8-11(4-3-7-13)5-6-12(9)10(2)14/h3-6,8H,7H2,1-2H3. The summed E-state index contributed by atoms with van der Waals surface area (Å²) in [6.45, 7) is 3.52. The van der Waals surface area contributed by atoms with E-state index in [1.165, 1.54) is 0 Å². The van der Waals surface area contributed by atoms with E-state index in [1.807, 2.05) is 37.3 Å². The molecule has 0 heterocycles. The number of aryl methyl sites for hydroxylation is 1. The Morgan fingerprint density at radius 1 is 1.50 bits per heavy atom. The molecule has 14 heavy (non-hydrogen) atoms. The summed E-state index contributed by atoms with van der Waals surface area (Å²) in [5.74, 6) is 0.614. The predicted molar refractivity (Wildman–Crippen MR) is 60.9 cm³/mol. The number of allylic oxidation sites excluding steroid dienone is 1. The Bertz CT molecular complexity index is 367. The summed E-state index contributed by atoms with van der Waals surface area (Å²) in [6.07, 6.45) is 3.83. The summed E-state index contributed by atoms with van der Waals surface area (Å²) >= 11 is 5.53. The van der Waals surface area contributed by atoms with Crippen molar-refractivity contribution in [3.63, 3.8) is 0 Å². The van der Waals surface area contributed by atoms with Gasteiger partial charge in [-0.1, -0.05) is 30.4 Å². The summed E-state index contributed by atoms with van der Waals surface area (Å²) in [5, 5.41) is 0. The van der Waals surface area contributed by atoms with Crippen LogP contribution in [0.25, 0.3) is 6.08 Å². The summed E-state index contributed by atoms with van der Waals surface area (Å²) in [7, 11) is 0. The number of carbonyl (C=O) groups excluding carboxylic acids is 1. The van der Waals surface area contributed by atoms with Gasteiger partial charge in [-0.25, -0.2) is 0 Å². The third-order valence-electron chi connectivity index (χ3n) is 2.03. The molecule has 1 aromatic rings. The number of ketones is 1. The Kier molecular flexibility index (Phi) is 3.90. The molecule has 74 valence electrons. The Morgan fingerprint density at radius 3 is 2.71 bits per heavy atom. The molecule has 1 aromatic carbocycles. The minimum atomic E-state index is 0.107. The number of hydrogen-bond acceptors (Lipinski definition) is 1. The Labute approximate surface area is 89.4 Å². The molecule has 0 aromatic heterocycles. The summed E-state index contributed by atoms with van der Waals surface area (Å²) in [6, 6.07) is 5.76. The third kappa shape index (κ3) is 2.71. The van der Waals surface area contributed by atoms with E-state index in [1.54, 1.807) is 6.92 Å². The van der Waals surface area contributed by atoms with Gasteiger partial charge in [0.1, 0.15) is 0 Å². The Morgan fingerprint density at radius 2 is 2.21 bits per heavy atom. The number of Topliss-reactive ketones (excluding diaryl/α,β-unsaturated/α-hetero) is 1.